The number of nitrogens with zero attached hydrogens (tertiary/aromatic N) is 4. The van der Waals surface area contributed by atoms with Crippen molar-refractivity contribution in [2.75, 3.05) is 20.1 Å². The van der Waals surface area contributed by atoms with E-state index in [0.717, 1.165) is 37.0 Å². The summed E-state index contributed by atoms with van der Waals surface area (Å²) < 4.78 is 1.92. The van der Waals surface area contributed by atoms with Crippen molar-refractivity contribution >= 4 is 29.9 Å². The molecule has 0 atom stereocenters. The molecule has 0 bridgehead atoms. The van der Waals surface area contributed by atoms with Crippen molar-refractivity contribution < 1.29 is 0 Å². The standard InChI is InChI=1S/C15H19N5.HI/c1-12-13(10-17-15-16-8-9-19(15)2)11-20(18-12)14-6-4-3-5-7-14;/h3-7,11H,8-10H2,1-2H3,(H,16,17);1H. The highest BCUT2D eigenvalue weighted by Crippen LogP contribution is 2.11. The highest BCUT2D eigenvalue weighted by atomic mass is 127. The number of nitrogens with one attached hydrogen (secondary N) is 1. The van der Waals surface area contributed by atoms with E-state index in [4.69, 9.17) is 0 Å². The second-order valence-electron chi connectivity index (χ2n) is 5.00. The van der Waals surface area contributed by atoms with Crippen LogP contribution in [0.15, 0.2) is 41.5 Å². The molecule has 3 rings (SSSR count). The Bertz CT molecular complexity index is 620. The van der Waals surface area contributed by atoms with Crippen molar-refractivity contribution in [1.29, 1.82) is 0 Å². The van der Waals surface area contributed by atoms with Gasteiger partial charge < -0.3 is 10.2 Å². The highest BCUT2D eigenvalue weighted by Gasteiger charge is 2.13. The zero-order valence-corrected chi connectivity index (χ0v) is 14.6. The second kappa shape index (κ2) is 6.93. The number of hydrogen-bond acceptors (Lipinski definition) is 4. The molecule has 1 aromatic carbocycles. The van der Waals surface area contributed by atoms with Crippen LogP contribution in [-0.4, -0.2) is 40.8 Å². The van der Waals surface area contributed by atoms with Gasteiger partial charge in [-0.3, -0.25) is 4.99 Å². The molecule has 0 amide bonds. The minimum absolute atomic E-state index is 0. The van der Waals surface area contributed by atoms with E-state index in [2.05, 4.69) is 45.7 Å². The molecular weight excluding hydrogens is 377 g/mol. The van der Waals surface area contributed by atoms with E-state index in [1.807, 2.05) is 29.8 Å². The lowest BCUT2D eigenvalue weighted by Crippen LogP contribution is -2.35. The van der Waals surface area contributed by atoms with Gasteiger partial charge in [-0.05, 0) is 19.1 Å². The Morgan fingerprint density at radius 2 is 2.00 bits per heavy atom. The van der Waals surface area contributed by atoms with Gasteiger partial charge in [-0.25, -0.2) is 4.68 Å². The van der Waals surface area contributed by atoms with Crippen molar-refractivity contribution in [3.05, 3.63) is 47.8 Å². The Kier molecular flexibility index (Phi) is 5.22. The van der Waals surface area contributed by atoms with Crippen molar-refractivity contribution in [2.45, 2.75) is 13.5 Å². The van der Waals surface area contributed by atoms with Gasteiger partial charge >= 0.3 is 0 Å². The number of hydrogen-bond donors (Lipinski definition) is 1. The number of guanidine groups is 1. The van der Waals surface area contributed by atoms with Crippen LogP contribution in [0.3, 0.4) is 0 Å². The molecule has 21 heavy (non-hydrogen) atoms. The largest absolute Gasteiger partial charge is 0.352 e. The Labute approximate surface area is 142 Å². The van der Waals surface area contributed by atoms with Gasteiger partial charge in [0.15, 0.2) is 5.96 Å². The van der Waals surface area contributed by atoms with Crippen LogP contribution in [0.5, 0.6) is 0 Å². The third-order valence-corrected chi connectivity index (χ3v) is 3.52. The van der Waals surface area contributed by atoms with Crippen molar-refractivity contribution in [1.82, 2.24) is 20.0 Å². The molecule has 1 aliphatic heterocycles. The average molecular weight is 397 g/mol. The highest BCUT2D eigenvalue weighted by molar-refractivity contribution is 14.0. The first-order chi connectivity index (χ1) is 9.74. The van der Waals surface area contributed by atoms with Gasteiger partial charge in [-0.2, -0.15) is 5.10 Å². The summed E-state index contributed by atoms with van der Waals surface area (Å²) in [6.07, 6.45) is 2.08. The van der Waals surface area contributed by atoms with Crippen LogP contribution in [0.1, 0.15) is 11.3 Å². The molecule has 0 radical (unpaired) electrons. The van der Waals surface area contributed by atoms with Gasteiger partial charge in [0.05, 0.1) is 17.9 Å². The molecule has 6 heteroatoms. The van der Waals surface area contributed by atoms with Crippen LogP contribution >= 0.6 is 24.0 Å². The first-order valence-corrected chi connectivity index (χ1v) is 6.84. The minimum Gasteiger partial charge on any atom is -0.352 e. The number of aromatic nitrogens is 2. The van der Waals surface area contributed by atoms with E-state index in [-0.39, 0.29) is 24.0 Å². The molecule has 1 aromatic heterocycles. The van der Waals surface area contributed by atoms with Crippen molar-refractivity contribution in [3.63, 3.8) is 0 Å². The predicted molar refractivity (Wildman–Crippen MR) is 95.5 cm³/mol. The maximum Gasteiger partial charge on any atom is 0.194 e. The molecule has 1 N–H and O–H groups in total. The number of likely N-dealkylation sites (N-methyl/N-ethyl adjacent to an activating group) is 1. The molecule has 0 saturated heterocycles. The topological polar surface area (TPSA) is 45.5 Å². The summed E-state index contributed by atoms with van der Waals surface area (Å²) in [5.41, 5.74) is 3.32. The van der Waals surface area contributed by atoms with Crippen LogP contribution in [0.2, 0.25) is 0 Å². The van der Waals surface area contributed by atoms with Crippen LogP contribution in [-0.2, 0) is 6.54 Å². The van der Waals surface area contributed by atoms with E-state index in [9.17, 15) is 0 Å². The van der Waals surface area contributed by atoms with Crippen LogP contribution in [0.4, 0.5) is 0 Å². The Balaban J connectivity index is 0.00000161. The quantitative estimate of drug-likeness (QED) is 0.808. The third kappa shape index (κ3) is 3.55. The predicted octanol–water partition coefficient (Wildman–Crippen LogP) is 2.19. The third-order valence-electron chi connectivity index (χ3n) is 3.52. The average Bonchev–Trinajstić information content (AvgIpc) is 3.04. The van der Waals surface area contributed by atoms with E-state index < -0.39 is 0 Å². The lowest BCUT2D eigenvalue weighted by molar-refractivity contribution is 0.534. The zero-order chi connectivity index (χ0) is 13.9. The van der Waals surface area contributed by atoms with E-state index in [1.54, 1.807) is 0 Å². The maximum absolute atomic E-state index is 4.57. The van der Waals surface area contributed by atoms with Crippen molar-refractivity contribution in [2.24, 2.45) is 4.99 Å². The molecular formula is C15H20IN5. The number of benzene rings is 1. The fraction of sp³-hybridized carbons (Fsp3) is 0.333. The zero-order valence-electron chi connectivity index (χ0n) is 12.3. The molecule has 5 nitrogen and oxygen atoms in total. The molecule has 0 saturated carbocycles. The van der Waals surface area contributed by atoms with Gasteiger partial charge in [0, 0.05) is 31.9 Å². The molecule has 0 spiro atoms. The second-order valence-corrected chi connectivity index (χ2v) is 5.00. The van der Waals surface area contributed by atoms with Crippen LogP contribution < -0.4 is 5.32 Å². The van der Waals surface area contributed by atoms with Crippen molar-refractivity contribution in [3.8, 4) is 5.69 Å². The SMILES string of the molecule is Cc1nn(-c2ccccc2)cc1CNC1=NCCN1C.I. The first-order valence-electron chi connectivity index (χ1n) is 6.84. The summed E-state index contributed by atoms with van der Waals surface area (Å²) in [5.74, 6) is 0.969. The van der Waals surface area contributed by atoms with Gasteiger partial charge in [-0.1, -0.05) is 18.2 Å². The summed E-state index contributed by atoms with van der Waals surface area (Å²) in [7, 11) is 2.05. The molecule has 0 unspecified atom stereocenters. The molecule has 1 aliphatic rings. The number of halogens is 1. The number of aryl methyl sites for hydroxylation is 1. The lowest BCUT2D eigenvalue weighted by Gasteiger charge is -2.14. The smallest absolute Gasteiger partial charge is 0.194 e. The van der Waals surface area contributed by atoms with Crippen LogP contribution in [0, 0.1) is 6.92 Å². The lowest BCUT2D eigenvalue weighted by atomic mass is 10.2. The maximum atomic E-state index is 4.57. The van der Waals surface area contributed by atoms with E-state index in [0.29, 0.717) is 0 Å². The van der Waals surface area contributed by atoms with Gasteiger partial charge in [-0.15, -0.1) is 24.0 Å². The molecule has 112 valence electrons. The number of para-hydroxylation sites is 1. The normalized spacial score (nSPS) is 13.8. The Morgan fingerprint density at radius 3 is 2.67 bits per heavy atom. The van der Waals surface area contributed by atoms with E-state index in [1.165, 1.54) is 5.56 Å². The summed E-state index contributed by atoms with van der Waals surface area (Å²) >= 11 is 0. The summed E-state index contributed by atoms with van der Waals surface area (Å²) in [5, 5.41) is 7.94. The molecule has 2 aromatic rings. The summed E-state index contributed by atoms with van der Waals surface area (Å²) in [6, 6.07) is 10.2. The van der Waals surface area contributed by atoms with Gasteiger partial charge in [0.1, 0.15) is 0 Å². The fourth-order valence-electron chi connectivity index (χ4n) is 2.28. The minimum atomic E-state index is 0. The van der Waals surface area contributed by atoms with Gasteiger partial charge in [0.25, 0.3) is 0 Å². The molecule has 2 heterocycles. The van der Waals surface area contributed by atoms with Crippen LogP contribution in [0.25, 0.3) is 5.69 Å². The molecule has 0 fully saturated rings. The Hall–Kier alpha value is -1.57. The first kappa shape index (κ1) is 15.8. The monoisotopic (exact) mass is 397 g/mol. The Morgan fingerprint density at radius 1 is 1.24 bits per heavy atom. The summed E-state index contributed by atoms with van der Waals surface area (Å²) in [6.45, 7) is 4.66. The molecule has 0 aliphatic carbocycles. The van der Waals surface area contributed by atoms with E-state index >= 15 is 0 Å². The summed E-state index contributed by atoms with van der Waals surface area (Å²) in [4.78, 5) is 6.57. The number of rotatable bonds is 3. The number of aliphatic imine (C=N–C) groups is 1. The fourth-order valence-corrected chi connectivity index (χ4v) is 2.28. The van der Waals surface area contributed by atoms with Gasteiger partial charge in [0.2, 0.25) is 0 Å².